The summed E-state index contributed by atoms with van der Waals surface area (Å²) in [4.78, 5) is 34.9. The van der Waals surface area contributed by atoms with Crippen molar-refractivity contribution < 1.29 is 28.6 Å². The molecule has 0 saturated carbocycles. The SMILES string of the molecule is COC(=O)C[C@@H](CC(C)C)C(C(=O)OC)C(=O)OC. The molecular formula is C13H22O6. The summed E-state index contributed by atoms with van der Waals surface area (Å²) in [6.45, 7) is 3.88. The molecule has 0 N–H and O–H groups in total. The molecule has 0 rings (SSSR count). The van der Waals surface area contributed by atoms with E-state index in [1.807, 2.05) is 13.8 Å². The molecule has 0 unspecified atom stereocenters. The van der Waals surface area contributed by atoms with E-state index in [0.717, 1.165) is 0 Å². The summed E-state index contributed by atoms with van der Waals surface area (Å²) < 4.78 is 13.8. The minimum Gasteiger partial charge on any atom is -0.469 e. The summed E-state index contributed by atoms with van der Waals surface area (Å²) in [6, 6.07) is 0. The van der Waals surface area contributed by atoms with Crippen molar-refractivity contribution in [2.45, 2.75) is 26.7 Å². The molecule has 0 aliphatic heterocycles. The lowest BCUT2D eigenvalue weighted by atomic mass is 9.83. The molecule has 1 atom stereocenters. The molecule has 0 amide bonds. The van der Waals surface area contributed by atoms with E-state index in [1.165, 1.54) is 21.3 Å². The highest BCUT2D eigenvalue weighted by atomic mass is 16.5. The molecule has 0 spiro atoms. The van der Waals surface area contributed by atoms with Crippen molar-refractivity contribution in [3.63, 3.8) is 0 Å². The van der Waals surface area contributed by atoms with Crippen LogP contribution in [-0.4, -0.2) is 39.2 Å². The van der Waals surface area contributed by atoms with Gasteiger partial charge in [-0.3, -0.25) is 14.4 Å². The average molecular weight is 274 g/mol. The van der Waals surface area contributed by atoms with Gasteiger partial charge in [-0.05, 0) is 18.3 Å². The van der Waals surface area contributed by atoms with Crippen LogP contribution in [0.1, 0.15) is 26.7 Å². The van der Waals surface area contributed by atoms with Gasteiger partial charge in [0.2, 0.25) is 0 Å². The summed E-state index contributed by atoms with van der Waals surface area (Å²) >= 11 is 0. The topological polar surface area (TPSA) is 78.9 Å². The third kappa shape index (κ3) is 5.72. The molecule has 0 radical (unpaired) electrons. The summed E-state index contributed by atoms with van der Waals surface area (Å²) in [5.74, 6) is -3.23. The summed E-state index contributed by atoms with van der Waals surface area (Å²) in [6.07, 6.45) is 0.494. The Kier molecular flexibility index (Phi) is 7.79. The molecule has 19 heavy (non-hydrogen) atoms. The predicted molar refractivity (Wildman–Crippen MR) is 67.1 cm³/mol. The molecule has 0 aromatic rings. The third-order valence-electron chi connectivity index (χ3n) is 2.81. The van der Waals surface area contributed by atoms with Crippen molar-refractivity contribution in [3.05, 3.63) is 0 Å². The van der Waals surface area contributed by atoms with Gasteiger partial charge in [-0.1, -0.05) is 13.8 Å². The lowest BCUT2D eigenvalue weighted by Gasteiger charge is -2.23. The normalized spacial score (nSPS) is 12.2. The number of carbonyl (C=O) groups excluding carboxylic acids is 3. The van der Waals surface area contributed by atoms with Gasteiger partial charge in [0.25, 0.3) is 0 Å². The third-order valence-corrected chi connectivity index (χ3v) is 2.81. The lowest BCUT2D eigenvalue weighted by molar-refractivity contribution is -0.162. The minimum atomic E-state index is -1.10. The Bertz CT molecular complexity index is 307. The average Bonchev–Trinajstić information content (AvgIpc) is 2.37. The second-order valence-electron chi connectivity index (χ2n) is 4.69. The Morgan fingerprint density at radius 1 is 0.895 bits per heavy atom. The number of esters is 3. The van der Waals surface area contributed by atoms with Crippen LogP contribution < -0.4 is 0 Å². The molecule has 110 valence electrons. The molecular weight excluding hydrogens is 252 g/mol. The van der Waals surface area contributed by atoms with Crippen molar-refractivity contribution in [2.75, 3.05) is 21.3 Å². The monoisotopic (exact) mass is 274 g/mol. The Balaban J connectivity index is 5.16. The Hall–Kier alpha value is -1.59. The first kappa shape index (κ1) is 17.4. The van der Waals surface area contributed by atoms with Crippen LogP contribution in [-0.2, 0) is 28.6 Å². The molecule has 6 nitrogen and oxygen atoms in total. The highest BCUT2D eigenvalue weighted by Gasteiger charge is 2.38. The van der Waals surface area contributed by atoms with Crippen LogP contribution in [0.4, 0.5) is 0 Å². The van der Waals surface area contributed by atoms with E-state index < -0.39 is 29.7 Å². The van der Waals surface area contributed by atoms with E-state index in [9.17, 15) is 14.4 Å². The van der Waals surface area contributed by atoms with Gasteiger partial charge in [0.1, 0.15) is 0 Å². The quantitative estimate of drug-likeness (QED) is 0.394. The predicted octanol–water partition coefficient (Wildman–Crippen LogP) is 1.17. The number of methoxy groups -OCH3 is 3. The highest BCUT2D eigenvalue weighted by Crippen LogP contribution is 2.26. The van der Waals surface area contributed by atoms with Crippen LogP contribution in [0.15, 0.2) is 0 Å². The van der Waals surface area contributed by atoms with Gasteiger partial charge < -0.3 is 14.2 Å². The fourth-order valence-electron chi connectivity index (χ4n) is 1.98. The molecule has 0 fully saturated rings. The second kappa shape index (κ2) is 8.50. The van der Waals surface area contributed by atoms with Crippen LogP contribution in [0.2, 0.25) is 0 Å². The molecule has 0 aromatic carbocycles. The van der Waals surface area contributed by atoms with Crippen molar-refractivity contribution in [1.82, 2.24) is 0 Å². The maximum Gasteiger partial charge on any atom is 0.320 e. The molecule has 0 saturated heterocycles. The molecule has 0 aliphatic rings. The Morgan fingerprint density at radius 3 is 1.68 bits per heavy atom. The number of carbonyl (C=O) groups is 3. The first-order valence-corrected chi connectivity index (χ1v) is 6.09. The molecule has 6 heteroatoms. The zero-order chi connectivity index (χ0) is 15.0. The summed E-state index contributed by atoms with van der Waals surface area (Å²) in [5, 5.41) is 0. The molecule has 0 aromatic heterocycles. The Labute approximate surface area is 113 Å². The number of hydrogen-bond donors (Lipinski definition) is 0. The van der Waals surface area contributed by atoms with Crippen LogP contribution in [0.25, 0.3) is 0 Å². The second-order valence-corrected chi connectivity index (χ2v) is 4.69. The molecule has 0 bridgehead atoms. The fourth-order valence-corrected chi connectivity index (χ4v) is 1.98. The van der Waals surface area contributed by atoms with Gasteiger partial charge in [-0.15, -0.1) is 0 Å². The van der Waals surface area contributed by atoms with E-state index in [2.05, 4.69) is 14.2 Å². The maximum atomic E-state index is 11.7. The van der Waals surface area contributed by atoms with Crippen molar-refractivity contribution in [2.24, 2.45) is 17.8 Å². The molecule has 0 aliphatic carbocycles. The van der Waals surface area contributed by atoms with Crippen LogP contribution in [0.5, 0.6) is 0 Å². The number of hydrogen-bond acceptors (Lipinski definition) is 6. The van der Waals surface area contributed by atoms with Crippen molar-refractivity contribution in [1.29, 1.82) is 0 Å². The summed E-state index contributed by atoms with van der Waals surface area (Å²) in [5.41, 5.74) is 0. The standard InChI is InChI=1S/C13H22O6/c1-8(2)6-9(7-10(14)17-3)11(12(15)18-4)13(16)19-5/h8-9,11H,6-7H2,1-5H3/t9-/m1/s1. The van der Waals surface area contributed by atoms with E-state index in [4.69, 9.17) is 0 Å². The zero-order valence-corrected chi connectivity index (χ0v) is 12.1. The maximum absolute atomic E-state index is 11.7. The highest BCUT2D eigenvalue weighted by molar-refractivity contribution is 5.95. The van der Waals surface area contributed by atoms with Gasteiger partial charge in [0.05, 0.1) is 21.3 Å². The Morgan fingerprint density at radius 2 is 1.37 bits per heavy atom. The number of rotatable bonds is 7. The largest absolute Gasteiger partial charge is 0.469 e. The van der Waals surface area contributed by atoms with E-state index in [1.54, 1.807) is 0 Å². The van der Waals surface area contributed by atoms with Crippen molar-refractivity contribution >= 4 is 17.9 Å². The first-order chi connectivity index (χ1) is 8.87. The zero-order valence-electron chi connectivity index (χ0n) is 12.1. The lowest BCUT2D eigenvalue weighted by Crippen LogP contribution is -2.35. The number of ether oxygens (including phenoxy) is 3. The minimum absolute atomic E-state index is 0.0243. The van der Waals surface area contributed by atoms with Crippen LogP contribution in [0, 0.1) is 17.8 Å². The van der Waals surface area contributed by atoms with Gasteiger partial charge in [0.15, 0.2) is 5.92 Å². The van der Waals surface area contributed by atoms with E-state index >= 15 is 0 Å². The van der Waals surface area contributed by atoms with Crippen LogP contribution in [0.3, 0.4) is 0 Å². The van der Waals surface area contributed by atoms with Crippen LogP contribution >= 0.6 is 0 Å². The van der Waals surface area contributed by atoms with Gasteiger partial charge in [-0.2, -0.15) is 0 Å². The van der Waals surface area contributed by atoms with E-state index in [-0.39, 0.29) is 12.3 Å². The van der Waals surface area contributed by atoms with Gasteiger partial charge >= 0.3 is 17.9 Å². The van der Waals surface area contributed by atoms with Gasteiger partial charge in [-0.25, -0.2) is 0 Å². The van der Waals surface area contributed by atoms with E-state index in [0.29, 0.717) is 6.42 Å². The summed E-state index contributed by atoms with van der Waals surface area (Å²) in [7, 11) is 3.66. The van der Waals surface area contributed by atoms with Gasteiger partial charge in [0, 0.05) is 6.42 Å². The fraction of sp³-hybridized carbons (Fsp3) is 0.769. The molecule has 0 heterocycles. The first-order valence-electron chi connectivity index (χ1n) is 6.09. The van der Waals surface area contributed by atoms with Crippen molar-refractivity contribution in [3.8, 4) is 0 Å². The smallest absolute Gasteiger partial charge is 0.320 e.